The van der Waals surface area contributed by atoms with E-state index in [0.717, 1.165) is 27.3 Å². The smallest absolute Gasteiger partial charge is 0.305 e. The predicted molar refractivity (Wildman–Crippen MR) is 146 cm³/mol. The summed E-state index contributed by atoms with van der Waals surface area (Å²) in [5, 5.41) is 0.410. The number of amides is 2. The first-order chi connectivity index (χ1) is 17.9. The fraction of sp³-hybridized carbons (Fsp3) is 0.179. The summed E-state index contributed by atoms with van der Waals surface area (Å²) in [4.78, 5) is 44.6. The van der Waals surface area contributed by atoms with Gasteiger partial charge in [0.25, 0.3) is 0 Å². The van der Waals surface area contributed by atoms with E-state index in [2.05, 4.69) is 4.98 Å². The summed E-state index contributed by atoms with van der Waals surface area (Å²) >= 11 is 8.75. The maximum atomic E-state index is 13.9. The van der Waals surface area contributed by atoms with Crippen LogP contribution in [0.1, 0.15) is 27.5 Å². The topological polar surface area (TPSA) is 79.5 Å². The number of aryl methyl sites for hydroxylation is 1. The molecule has 1 aromatic heterocycles. The van der Waals surface area contributed by atoms with Crippen LogP contribution in [0.2, 0.25) is 5.02 Å². The van der Waals surface area contributed by atoms with Gasteiger partial charge in [0.05, 0.1) is 16.6 Å². The monoisotopic (exact) mass is 548 g/mol. The Balaban J connectivity index is 1.45. The molecule has 0 radical (unpaired) electrons. The second kappa shape index (κ2) is 9.52. The number of thioether (sulfide) groups is 1. The fourth-order valence-corrected chi connectivity index (χ4v) is 7.62. The van der Waals surface area contributed by atoms with Crippen LogP contribution in [0.15, 0.2) is 82.6 Å². The van der Waals surface area contributed by atoms with Crippen molar-refractivity contribution >= 4 is 52.2 Å². The third-order valence-electron chi connectivity index (χ3n) is 6.66. The van der Waals surface area contributed by atoms with Crippen LogP contribution < -0.4 is 14.5 Å². The van der Waals surface area contributed by atoms with Gasteiger partial charge in [0.2, 0.25) is 11.8 Å². The van der Waals surface area contributed by atoms with Crippen LogP contribution >= 0.6 is 34.7 Å². The van der Waals surface area contributed by atoms with E-state index >= 15 is 0 Å². The number of rotatable bonds is 5. The van der Waals surface area contributed by atoms with Gasteiger partial charge in [-0.2, -0.15) is 0 Å². The fourth-order valence-electron chi connectivity index (χ4n) is 4.93. The molecule has 0 bridgehead atoms. The Hall–Kier alpha value is -3.33. The van der Waals surface area contributed by atoms with Gasteiger partial charge in [-0.25, -0.2) is 4.90 Å². The summed E-state index contributed by atoms with van der Waals surface area (Å²) in [6.07, 6.45) is 0. The number of carbonyl (C=O) groups excluding carboxylic acids is 2. The number of halogens is 1. The highest BCUT2D eigenvalue weighted by molar-refractivity contribution is 8.00. The number of aromatic amines is 1. The van der Waals surface area contributed by atoms with Crippen molar-refractivity contribution in [1.29, 1.82) is 0 Å². The molecule has 0 spiro atoms. The number of nitrogens with zero attached hydrogens (tertiary/aromatic N) is 1. The molecule has 3 heterocycles. The zero-order valence-corrected chi connectivity index (χ0v) is 22.0. The number of fused-ring (bicyclic) bond motifs is 2. The largest absolute Gasteiger partial charge is 0.489 e. The molecule has 1 N–H and O–H groups in total. The predicted octanol–water partition coefficient (Wildman–Crippen LogP) is 5.77. The molecule has 2 amide bonds. The summed E-state index contributed by atoms with van der Waals surface area (Å²) in [6, 6.07) is 22.4. The highest BCUT2D eigenvalue weighted by Gasteiger charge is 2.56. The number of imide groups is 1. The molecule has 3 atom stereocenters. The molecular weight excluding hydrogens is 528 g/mol. The van der Waals surface area contributed by atoms with E-state index in [1.165, 1.54) is 16.7 Å². The second-order valence-corrected chi connectivity index (χ2v) is 11.7. The minimum Gasteiger partial charge on any atom is -0.489 e. The van der Waals surface area contributed by atoms with E-state index in [1.807, 2.05) is 49.4 Å². The van der Waals surface area contributed by atoms with Crippen molar-refractivity contribution in [3.05, 3.63) is 109 Å². The molecule has 6 rings (SSSR count). The number of hydrogen-bond donors (Lipinski definition) is 1. The lowest BCUT2D eigenvalue weighted by molar-refractivity contribution is -0.122. The van der Waals surface area contributed by atoms with Gasteiger partial charge in [-0.3, -0.25) is 14.4 Å². The van der Waals surface area contributed by atoms with Crippen LogP contribution in [0.25, 0.3) is 0 Å². The van der Waals surface area contributed by atoms with E-state index in [0.29, 0.717) is 33.7 Å². The molecule has 9 heteroatoms. The number of nitrogens with one attached hydrogen (secondary N) is 1. The molecule has 186 valence electrons. The van der Waals surface area contributed by atoms with Crippen LogP contribution in [0.5, 0.6) is 5.75 Å². The summed E-state index contributed by atoms with van der Waals surface area (Å²) in [5.74, 6) is -1.31. The van der Waals surface area contributed by atoms with E-state index in [4.69, 9.17) is 16.3 Å². The molecule has 0 saturated carbocycles. The number of H-pyrrole nitrogens is 1. The summed E-state index contributed by atoms with van der Waals surface area (Å²) in [5.41, 5.74) is 3.25. The van der Waals surface area contributed by atoms with Crippen molar-refractivity contribution in [2.75, 3.05) is 4.90 Å². The van der Waals surface area contributed by atoms with Crippen molar-refractivity contribution in [2.45, 2.75) is 29.7 Å². The lowest BCUT2D eigenvalue weighted by atomic mass is 9.82. The first kappa shape index (κ1) is 24.0. The lowest BCUT2D eigenvalue weighted by Crippen LogP contribution is -2.32. The van der Waals surface area contributed by atoms with Crippen LogP contribution in [0, 0.1) is 12.8 Å². The Labute approximate surface area is 226 Å². The van der Waals surface area contributed by atoms with Crippen molar-refractivity contribution < 1.29 is 14.3 Å². The van der Waals surface area contributed by atoms with Gasteiger partial charge in [-0.15, -0.1) is 0 Å². The second-order valence-electron chi connectivity index (χ2n) is 9.05. The van der Waals surface area contributed by atoms with Gasteiger partial charge in [-0.05, 0) is 42.8 Å². The molecule has 2 aliphatic heterocycles. The van der Waals surface area contributed by atoms with E-state index < -0.39 is 17.1 Å². The molecule has 37 heavy (non-hydrogen) atoms. The van der Waals surface area contributed by atoms with Gasteiger partial charge in [0.1, 0.15) is 17.6 Å². The quantitative estimate of drug-likeness (QED) is 0.320. The van der Waals surface area contributed by atoms with Gasteiger partial charge in [-0.1, -0.05) is 82.7 Å². The SMILES string of the molecule is Cc1ccc(N2C(=O)[C@H]3[C@H](c4cc(Cl)ccc4OCc4ccccc4)c4sc(=O)[nH]c4S[C@H]3C2=O)cc1. The number of benzene rings is 3. The maximum absolute atomic E-state index is 13.9. The van der Waals surface area contributed by atoms with Crippen molar-refractivity contribution in [1.82, 2.24) is 4.98 Å². The number of anilines is 1. The Morgan fingerprint density at radius 3 is 2.49 bits per heavy atom. The molecule has 1 saturated heterocycles. The van der Waals surface area contributed by atoms with Crippen LogP contribution in [-0.2, 0) is 16.2 Å². The summed E-state index contributed by atoms with van der Waals surface area (Å²) in [7, 11) is 0. The van der Waals surface area contributed by atoms with Crippen molar-refractivity contribution in [3.63, 3.8) is 0 Å². The third kappa shape index (κ3) is 4.29. The lowest BCUT2D eigenvalue weighted by Gasteiger charge is -2.31. The normalized spacial score (nSPS) is 20.6. The Morgan fingerprint density at radius 1 is 0.973 bits per heavy atom. The number of carbonyl (C=O) groups is 2. The molecule has 3 aromatic carbocycles. The van der Waals surface area contributed by atoms with Gasteiger partial charge >= 0.3 is 4.87 Å². The van der Waals surface area contributed by atoms with Gasteiger partial charge in [0.15, 0.2) is 0 Å². The Kier molecular flexibility index (Phi) is 6.18. The zero-order chi connectivity index (χ0) is 25.7. The van der Waals surface area contributed by atoms with Crippen molar-refractivity contribution in [2.24, 2.45) is 5.92 Å². The highest BCUT2D eigenvalue weighted by Crippen LogP contribution is 2.54. The highest BCUT2D eigenvalue weighted by atomic mass is 35.5. The standard InChI is InChI=1S/C28H21ClN2O4S2/c1-15-7-10-18(11-8-15)31-26(32)22-21(23-25(30-28(34)37-23)36-24(22)27(31)33)19-13-17(29)9-12-20(19)35-14-16-5-3-2-4-6-16/h2-13,21-22,24H,14H2,1H3,(H,30,34)/t21-,22-,24+/m0/s1. The summed E-state index contributed by atoms with van der Waals surface area (Å²) in [6.45, 7) is 2.27. The molecule has 4 aromatic rings. The summed E-state index contributed by atoms with van der Waals surface area (Å²) < 4.78 is 6.23. The molecule has 2 aliphatic rings. The average Bonchev–Trinajstić information content (AvgIpc) is 3.39. The first-order valence-corrected chi connectivity index (χ1v) is 13.8. The first-order valence-electron chi connectivity index (χ1n) is 11.7. The molecule has 1 fully saturated rings. The number of aromatic nitrogens is 1. The zero-order valence-electron chi connectivity index (χ0n) is 19.6. The Bertz CT molecular complexity index is 1570. The van der Waals surface area contributed by atoms with E-state index in [-0.39, 0.29) is 16.7 Å². The maximum Gasteiger partial charge on any atom is 0.305 e. The molecule has 0 unspecified atom stereocenters. The van der Waals surface area contributed by atoms with Gasteiger partial charge in [0, 0.05) is 21.4 Å². The van der Waals surface area contributed by atoms with Crippen LogP contribution in [0.3, 0.4) is 0 Å². The third-order valence-corrected chi connectivity index (χ3v) is 9.30. The Morgan fingerprint density at radius 2 is 1.73 bits per heavy atom. The van der Waals surface area contributed by atoms with Crippen molar-refractivity contribution in [3.8, 4) is 5.75 Å². The van der Waals surface area contributed by atoms with Crippen LogP contribution in [0.4, 0.5) is 5.69 Å². The molecule has 6 nitrogen and oxygen atoms in total. The average molecular weight is 549 g/mol. The minimum atomic E-state index is -0.713. The van der Waals surface area contributed by atoms with Crippen LogP contribution in [-0.4, -0.2) is 22.0 Å². The molecular formula is C28H21ClN2O4S2. The number of hydrogen-bond acceptors (Lipinski definition) is 6. The number of thiazole rings is 1. The minimum absolute atomic E-state index is 0.230. The number of ether oxygens (including phenoxy) is 1. The van der Waals surface area contributed by atoms with E-state index in [1.54, 1.807) is 30.3 Å². The van der Waals surface area contributed by atoms with E-state index in [9.17, 15) is 14.4 Å². The molecule has 0 aliphatic carbocycles. The van der Waals surface area contributed by atoms with Gasteiger partial charge < -0.3 is 9.72 Å².